The molecule has 0 bridgehead atoms. The van der Waals surface area contributed by atoms with Crippen molar-refractivity contribution in [2.24, 2.45) is 0 Å². The second-order valence-electron chi connectivity index (χ2n) is 18.5. The van der Waals surface area contributed by atoms with Gasteiger partial charge in [0.05, 0.1) is 0 Å². The lowest BCUT2D eigenvalue weighted by Gasteiger charge is -2.18. The molecule has 0 aliphatic heterocycles. The average molecular weight is 909 g/mol. The Morgan fingerprint density at radius 3 is 0.892 bits per heavy atom. The summed E-state index contributed by atoms with van der Waals surface area (Å²) in [5, 5.41) is 0. The van der Waals surface area contributed by atoms with Crippen molar-refractivity contribution in [3.8, 4) is 0 Å². The first kappa shape index (κ1) is 62.1. The van der Waals surface area contributed by atoms with E-state index in [9.17, 15) is 14.4 Å². The maximum Gasteiger partial charge on any atom is 0.306 e. The highest BCUT2D eigenvalue weighted by Gasteiger charge is 2.19. The average Bonchev–Trinajstić information content (AvgIpc) is 3.30. The minimum atomic E-state index is -0.786. The SMILES string of the molecule is CCCCC/C=C\C/C=C\C/C=C\CCCCCCC(=O)OC[C@@H](COC(=O)CCCCCCCCCCCCCCC)OC(=O)CCCCCCCCC/C=C\C/C=C\CCCCC. The number of hydrogen-bond acceptors (Lipinski definition) is 6. The number of allylic oxidation sites excluding steroid dienone is 10. The lowest BCUT2D eigenvalue weighted by molar-refractivity contribution is -0.167. The summed E-state index contributed by atoms with van der Waals surface area (Å²) < 4.78 is 16.8. The van der Waals surface area contributed by atoms with Crippen molar-refractivity contribution in [2.45, 2.75) is 284 Å². The molecule has 0 saturated heterocycles. The zero-order valence-electron chi connectivity index (χ0n) is 43.0. The minimum absolute atomic E-state index is 0.0826. The van der Waals surface area contributed by atoms with Crippen LogP contribution in [0.25, 0.3) is 0 Å². The zero-order chi connectivity index (χ0) is 47.2. The number of hydrogen-bond donors (Lipinski definition) is 0. The molecule has 0 unspecified atom stereocenters. The molecule has 0 aromatic heterocycles. The largest absolute Gasteiger partial charge is 0.462 e. The van der Waals surface area contributed by atoms with Crippen molar-refractivity contribution in [2.75, 3.05) is 13.2 Å². The van der Waals surface area contributed by atoms with Gasteiger partial charge < -0.3 is 14.2 Å². The third kappa shape index (κ3) is 51.9. The summed E-state index contributed by atoms with van der Waals surface area (Å²) in [6, 6.07) is 0. The molecule has 0 aromatic rings. The van der Waals surface area contributed by atoms with Gasteiger partial charge >= 0.3 is 17.9 Å². The fraction of sp³-hybridized carbons (Fsp3) is 0.780. The van der Waals surface area contributed by atoms with E-state index < -0.39 is 6.10 Å². The Balaban J connectivity index is 4.42. The fourth-order valence-electron chi connectivity index (χ4n) is 7.77. The summed E-state index contributed by atoms with van der Waals surface area (Å²) in [4.78, 5) is 38.1. The van der Waals surface area contributed by atoms with Gasteiger partial charge in [-0.3, -0.25) is 14.4 Å². The molecule has 0 rings (SSSR count). The van der Waals surface area contributed by atoms with Crippen LogP contribution < -0.4 is 0 Å². The molecule has 0 aliphatic rings. The van der Waals surface area contributed by atoms with Crippen molar-refractivity contribution in [3.05, 3.63) is 60.8 Å². The Labute approximate surface area is 402 Å². The maximum absolute atomic E-state index is 12.8. The van der Waals surface area contributed by atoms with Crippen molar-refractivity contribution >= 4 is 17.9 Å². The molecule has 1 atom stereocenters. The van der Waals surface area contributed by atoms with Crippen LogP contribution in [0.15, 0.2) is 60.8 Å². The van der Waals surface area contributed by atoms with E-state index in [1.807, 2.05) is 0 Å². The van der Waals surface area contributed by atoms with Crippen LogP contribution in [0.5, 0.6) is 0 Å². The maximum atomic E-state index is 12.8. The van der Waals surface area contributed by atoms with Gasteiger partial charge in [0.15, 0.2) is 6.10 Å². The van der Waals surface area contributed by atoms with Gasteiger partial charge in [-0.2, -0.15) is 0 Å². The predicted octanol–water partition coefficient (Wildman–Crippen LogP) is 18.4. The van der Waals surface area contributed by atoms with Gasteiger partial charge in [-0.15, -0.1) is 0 Å². The Morgan fingerprint density at radius 1 is 0.308 bits per heavy atom. The third-order valence-electron chi connectivity index (χ3n) is 12.0. The monoisotopic (exact) mass is 909 g/mol. The van der Waals surface area contributed by atoms with Gasteiger partial charge in [-0.1, -0.05) is 229 Å². The van der Waals surface area contributed by atoms with Crippen LogP contribution in [0.1, 0.15) is 278 Å². The molecule has 6 nitrogen and oxygen atoms in total. The van der Waals surface area contributed by atoms with E-state index in [-0.39, 0.29) is 31.1 Å². The first-order valence-corrected chi connectivity index (χ1v) is 27.8. The van der Waals surface area contributed by atoms with Crippen LogP contribution in [0.4, 0.5) is 0 Å². The van der Waals surface area contributed by atoms with E-state index in [2.05, 4.69) is 81.5 Å². The highest BCUT2D eigenvalue weighted by atomic mass is 16.6. The number of ether oxygens (including phenoxy) is 3. The van der Waals surface area contributed by atoms with Crippen molar-refractivity contribution in [3.63, 3.8) is 0 Å². The van der Waals surface area contributed by atoms with Gasteiger partial charge in [-0.05, 0) is 89.9 Å². The quantitative estimate of drug-likeness (QED) is 0.0262. The lowest BCUT2D eigenvalue weighted by Crippen LogP contribution is -2.30. The number of carbonyl (C=O) groups is 3. The molecule has 0 fully saturated rings. The van der Waals surface area contributed by atoms with Crippen LogP contribution in [-0.2, 0) is 28.6 Å². The molecule has 0 spiro atoms. The van der Waals surface area contributed by atoms with E-state index in [1.165, 1.54) is 141 Å². The zero-order valence-corrected chi connectivity index (χ0v) is 43.0. The molecule has 0 radical (unpaired) electrons. The van der Waals surface area contributed by atoms with E-state index in [0.29, 0.717) is 19.3 Å². The van der Waals surface area contributed by atoms with Gasteiger partial charge in [0.25, 0.3) is 0 Å². The van der Waals surface area contributed by atoms with Gasteiger partial charge in [0, 0.05) is 19.3 Å². The number of unbranched alkanes of at least 4 members (excludes halogenated alkanes) is 29. The second kappa shape index (κ2) is 53.7. The molecule has 0 aromatic carbocycles. The highest BCUT2D eigenvalue weighted by molar-refractivity contribution is 5.71. The topological polar surface area (TPSA) is 78.9 Å². The second-order valence-corrected chi connectivity index (χ2v) is 18.5. The number of rotatable bonds is 50. The number of carbonyl (C=O) groups excluding carboxylic acids is 3. The molecular weight excluding hydrogens is 805 g/mol. The Kier molecular flexibility index (Phi) is 51.3. The van der Waals surface area contributed by atoms with Crippen molar-refractivity contribution < 1.29 is 28.6 Å². The Hall–Kier alpha value is -2.89. The fourth-order valence-corrected chi connectivity index (χ4v) is 7.77. The summed E-state index contributed by atoms with van der Waals surface area (Å²) in [5.41, 5.74) is 0. The molecule has 376 valence electrons. The third-order valence-corrected chi connectivity index (χ3v) is 12.0. The predicted molar refractivity (Wildman–Crippen MR) is 279 cm³/mol. The van der Waals surface area contributed by atoms with E-state index in [4.69, 9.17) is 14.2 Å². The van der Waals surface area contributed by atoms with Crippen LogP contribution in [0.2, 0.25) is 0 Å². The van der Waals surface area contributed by atoms with Crippen LogP contribution >= 0.6 is 0 Å². The highest BCUT2D eigenvalue weighted by Crippen LogP contribution is 2.15. The molecule has 0 saturated carbocycles. The van der Waals surface area contributed by atoms with E-state index in [0.717, 1.165) is 96.3 Å². The minimum Gasteiger partial charge on any atom is -0.462 e. The normalized spacial score (nSPS) is 12.5. The van der Waals surface area contributed by atoms with Crippen molar-refractivity contribution in [1.82, 2.24) is 0 Å². The Morgan fingerprint density at radius 2 is 0.554 bits per heavy atom. The smallest absolute Gasteiger partial charge is 0.306 e. The van der Waals surface area contributed by atoms with Crippen LogP contribution in [-0.4, -0.2) is 37.2 Å². The van der Waals surface area contributed by atoms with Crippen LogP contribution in [0.3, 0.4) is 0 Å². The molecule has 6 heteroatoms. The molecular formula is C59H104O6. The first-order chi connectivity index (χ1) is 32.0. The van der Waals surface area contributed by atoms with E-state index in [1.54, 1.807) is 0 Å². The van der Waals surface area contributed by atoms with Gasteiger partial charge in [0.2, 0.25) is 0 Å². The molecule has 0 aliphatic carbocycles. The summed E-state index contributed by atoms with van der Waals surface area (Å²) in [6.45, 7) is 6.58. The molecule has 0 amide bonds. The summed E-state index contributed by atoms with van der Waals surface area (Å²) in [6.07, 6.45) is 66.3. The summed E-state index contributed by atoms with van der Waals surface area (Å²) >= 11 is 0. The molecule has 65 heavy (non-hydrogen) atoms. The van der Waals surface area contributed by atoms with Crippen molar-refractivity contribution in [1.29, 1.82) is 0 Å². The first-order valence-electron chi connectivity index (χ1n) is 27.8. The molecule has 0 N–H and O–H groups in total. The number of esters is 3. The van der Waals surface area contributed by atoms with Gasteiger partial charge in [0.1, 0.15) is 13.2 Å². The van der Waals surface area contributed by atoms with Crippen LogP contribution in [0, 0.1) is 0 Å². The Bertz CT molecular complexity index is 1180. The summed E-state index contributed by atoms with van der Waals surface area (Å²) in [7, 11) is 0. The lowest BCUT2D eigenvalue weighted by atomic mass is 10.0. The molecule has 0 heterocycles. The van der Waals surface area contributed by atoms with E-state index >= 15 is 0 Å². The summed E-state index contributed by atoms with van der Waals surface area (Å²) in [5.74, 6) is -0.904. The van der Waals surface area contributed by atoms with Gasteiger partial charge in [-0.25, -0.2) is 0 Å². The standard InChI is InChI=1S/C59H104O6/c1-4-7-10-13-16-19-22-25-27-29-31-34-37-40-43-46-49-52-58(61)64-55-56(54-63-57(60)51-48-45-42-39-36-33-24-21-18-15-12-9-6-3)65-59(62)53-50-47-44-41-38-35-32-30-28-26-23-20-17-14-11-8-5-2/h16-17,19-20,25-28,31,34,56H,4-15,18,21-24,29-30,32-33,35-55H2,1-3H3/b19-16-,20-17-,27-25-,28-26-,34-31-/t56-/m1/s1.